The first-order valence-electron chi connectivity index (χ1n) is 7.77. The van der Waals surface area contributed by atoms with E-state index >= 15 is 0 Å². The van der Waals surface area contributed by atoms with Crippen LogP contribution in [0.4, 0.5) is 0 Å². The molecule has 0 radical (unpaired) electrons. The van der Waals surface area contributed by atoms with Crippen molar-refractivity contribution in [2.75, 3.05) is 13.7 Å². The quantitative estimate of drug-likeness (QED) is 0.735. The van der Waals surface area contributed by atoms with E-state index in [-0.39, 0.29) is 18.0 Å². The minimum Gasteiger partial charge on any atom is -0.497 e. The molecule has 2 atom stereocenters. The summed E-state index contributed by atoms with van der Waals surface area (Å²) in [6.07, 6.45) is 2.46. The van der Waals surface area contributed by atoms with Crippen molar-refractivity contribution in [2.24, 2.45) is 0 Å². The molecule has 0 aliphatic rings. The molecule has 21 heavy (non-hydrogen) atoms. The van der Waals surface area contributed by atoms with Gasteiger partial charge in [-0.3, -0.25) is 4.79 Å². The molecule has 118 valence electrons. The van der Waals surface area contributed by atoms with Crippen LogP contribution in [0, 0.1) is 0 Å². The Hall–Kier alpha value is -1.55. The number of methoxy groups -OCH3 is 1. The second-order valence-electron chi connectivity index (χ2n) is 5.31. The Morgan fingerprint density at radius 1 is 1.19 bits per heavy atom. The number of hydrogen-bond donors (Lipinski definition) is 2. The smallest absolute Gasteiger partial charge is 0.221 e. The van der Waals surface area contributed by atoms with Crippen LogP contribution in [0.5, 0.6) is 5.75 Å². The highest BCUT2D eigenvalue weighted by atomic mass is 16.5. The molecule has 1 rings (SSSR count). The highest BCUT2D eigenvalue weighted by Gasteiger charge is 2.10. The van der Waals surface area contributed by atoms with E-state index in [1.54, 1.807) is 7.11 Å². The van der Waals surface area contributed by atoms with E-state index in [2.05, 4.69) is 36.6 Å². The van der Waals surface area contributed by atoms with E-state index in [9.17, 15) is 4.79 Å². The van der Waals surface area contributed by atoms with Gasteiger partial charge < -0.3 is 15.4 Å². The van der Waals surface area contributed by atoms with E-state index in [0.717, 1.165) is 18.6 Å². The lowest BCUT2D eigenvalue weighted by molar-refractivity contribution is -0.121. The van der Waals surface area contributed by atoms with Crippen LogP contribution in [-0.4, -0.2) is 25.6 Å². The number of hydrogen-bond acceptors (Lipinski definition) is 3. The summed E-state index contributed by atoms with van der Waals surface area (Å²) in [5, 5.41) is 6.42. The van der Waals surface area contributed by atoms with E-state index < -0.39 is 0 Å². The molecule has 1 aromatic rings. The number of benzene rings is 1. The van der Waals surface area contributed by atoms with Crippen LogP contribution < -0.4 is 15.4 Å². The molecular formula is C17H28N2O2. The van der Waals surface area contributed by atoms with Crippen molar-refractivity contribution in [2.45, 2.75) is 52.1 Å². The molecule has 0 aliphatic carbocycles. The molecule has 1 aromatic carbocycles. The zero-order valence-electron chi connectivity index (χ0n) is 13.6. The lowest BCUT2D eigenvalue weighted by atomic mass is 10.0. The molecule has 4 nitrogen and oxygen atoms in total. The lowest BCUT2D eigenvalue weighted by Gasteiger charge is -2.18. The van der Waals surface area contributed by atoms with Gasteiger partial charge in [0, 0.05) is 25.0 Å². The maximum Gasteiger partial charge on any atom is 0.221 e. The minimum atomic E-state index is 0.112. The van der Waals surface area contributed by atoms with Crippen LogP contribution in [-0.2, 0) is 4.79 Å². The van der Waals surface area contributed by atoms with E-state index in [1.807, 2.05) is 19.1 Å². The third-order valence-corrected chi connectivity index (χ3v) is 3.69. The maximum atomic E-state index is 11.7. The van der Waals surface area contributed by atoms with Gasteiger partial charge >= 0.3 is 0 Å². The van der Waals surface area contributed by atoms with Gasteiger partial charge in [-0.05, 0) is 37.5 Å². The fourth-order valence-corrected chi connectivity index (χ4v) is 2.14. The first kappa shape index (κ1) is 17.5. The summed E-state index contributed by atoms with van der Waals surface area (Å²) in [5.74, 6) is 0.975. The molecule has 0 bridgehead atoms. The van der Waals surface area contributed by atoms with Crippen molar-refractivity contribution >= 4 is 5.91 Å². The van der Waals surface area contributed by atoms with Crippen LogP contribution in [0.15, 0.2) is 24.3 Å². The number of ether oxygens (including phenoxy) is 1. The summed E-state index contributed by atoms with van der Waals surface area (Å²) in [4.78, 5) is 11.7. The normalized spacial score (nSPS) is 13.5. The summed E-state index contributed by atoms with van der Waals surface area (Å²) in [5.41, 5.74) is 1.22. The van der Waals surface area contributed by atoms with Gasteiger partial charge in [-0.25, -0.2) is 0 Å². The zero-order chi connectivity index (χ0) is 15.7. The third-order valence-electron chi connectivity index (χ3n) is 3.69. The Bertz CT molecular complexity index is 417. The van der Waals surface area contributed by atoms with Crippen LogP contribution in [0.3, 0.4) is 0 Å². The SMILES string of the molecule is CCC(C)NC(=O)CCNC(CC)c1ccc(OC)cc1. The van der Waals surface area contributed by atoms with Crippen LogP contribution in [0.1, 0.15) is 51.6 Å². The summed E-state index contributed by atoms with van der Waals surface area (Å²) in [6, 6.07) is 8.59. The molecular weight excluding hydrogens is 264 g/mol. The Morgan fingerprint density at radius 2 is 1.86 bits per heavy atom. The molecule has 0 aliphatic heterocycles. The highest BCUT2D eigenvalue weighted by Crippen LogP contribution is 2.19. The van der Waals surface area contributed by atoms with Gasteiger partial charge in [0.1, 0.15) is 5.75 Å². The van der Waals surface area contributed by atoms with E-state index in [0.29, 0.717) is 13.0 Å². The molecule has 0 aromatic heterocycles. The van der Waals surface area contributed by atoms with Crippen molar-refractivity contribution < 1.29 is 9.53 Å². The second-order valence-corrected chi connectivity index (χ2v) is 5.31. The van der Waals surface area contributed by atoms with Gasteiger partial charge in [0.15, 0.2) is 0 Å². The maximum absolute atomic E-state index is 11.7. The number of amides is 1. The van der Waals surface area contributed by atoms with Crippen LogP contribution in [0.2, 0.25) is 0 Å². The van der Waals surface area contributed by atoms with E-state index in [1.165, 1.54) is 5.56 Å². The Morgan fingerprint density at radius 3 is 2.38 bits per heavy atom. The van der Waals surface area contributed by atoms with E-state index in [4.69, 9.17) is 4.74 Å². The molecule has 2 unspecified atom stereocenters. The van der Waals surface area contributed by atoms with Crippen molar-refractivity contribution in [1.29, 1.82) is 0 Å². The molecule has 0 fully saturated rings. The zero-order valence-corrected chi connectivity index (χ0v) is 13.6. The topological polar surface area (TPSA) is 50.4 Å². The predicted molar refractivity (Wildman–Crippen MR) is 86.5 cm³/mol. The Kier molecular flexibility index (Phi) is 7.83. The summed E-state index contributed by atoms with van der Waals surface area (Å²) in [7, 11) is 1.67. The summed E-state index contributed by atoms with van der Waals surface area (Å²) >= 11 is 0. The largest absolute Gasteiger partial charge is 0.497 e. The minimum absolute atomic E-state index is 0.112. The first-order valence-corrected chi connectivity index (χ1v) is 7.77. The summed E-state index contributed by atoms with van der Waals surface area (Å²) < 4.78 is 5.17. The van der Waals surface area contributed by atoms with Gasteiger partial charge in [-0.1, -0.05) is 26.0 Å². The third kappa shape index (κ3) is 6.17. The average Bonchev–Trinajstić information content (AvgIpc) is 2.51. The fraction of sp³-hybridized carbons (Fsp3) is 0.588. The first-order chi connectivity index (χ1) is 10.1. The number of nitrogens with one attached hydrogen (secondary N) is 2. The van der Waals surface area contributed by atoms with Gasteiger partial charge in [-0.2, -0.15) is 0 Å². The Balaban J connectivity index is 2.41. The van der Waals surface area contributed by atoms with Crippen molar-refractivity contribution in [3.63, 3.8) is 0 Å². The molecule has 1 amide bonds. The van der Waals surface area contributed by atoms with Crippen LogP contribution >= 0.6 is 0 Å². The lowest BCUT2D eigenvalue weighted by Crippen LogP contribution is -2.34. The Labute approximate surface area is 128 Å². The highest BCUT2D eigenvalue weighted by molar-refractivity contribution is 5.76. The average molecular weight is 292 g/mol. The van der Waals surface area contributed by atoms with Crippen LogP contribution in [0.25, 0.3) is 0 Å². The van der Waals surface area contributed by atoms with Gasteiger partial charge in [0.25, 0.3) is 0 Å². The van der Waals surface area contributed by atoms with Crippen molar-refractivity contribution in [3.05, 3.63) is 29.8 Å². The monoisotopic (exact) mass is 292 g/mol. The van der Waals surface area contributed by atoms with Crippen molar-refractivity contribution in [1.82, 2.24) is 10.6 Å². The number of carbonyl (C=O) groups excluding carboxylic acids is 1. The second kappa shape index (κ2) is 9.40. The molecule has 0 saturated heterocycles. The summed E-state index contributed by atoms with van der Waals surface area (Å²) in [6.45, 7) is 6.92. The molecule has 2 N–H and O–H groups in total. The molecule has 0 spiro atoms. The standard InChI is InChI=1S/C17H28N2O2/c1-5-13(3)19-17(20)11-12-18-16(6-2)14-7-9-15(21-4)10-8-14/h7-10,13,16,18H,5-6,11-12H2,1-4H3,(H,19,20). The molecule has 0 saturated carbocycles. The van der Waals surface area contributed by atoms with Gasteiger partial charge in [-0.15, -0.1) is 0 Å². The van der Waals surface area contributed by atoms with Gasteiger partial charge in [0.05, 0.1) is 7.11 Å². The number of rotatable bonds is 9. The molecule has 0 heterocycles. The number of carbonyl (C=O) groups is 1. The molecule has 4 heteroatoms. The predicted octanol–water partition coefficient (Wildman–Crippen LogP) is 3.04. The fourth-order valence-electron chi connectivity index (χ4n) is 2.14. The van der Waals surface area contributed by atoms with Gasteiger partial charge in [0.2, 0.25) is 5.91 Å². The van der Waals surface area contributed by atoms with Crippen molar-refractivity contribution in [3.8, 4) is 5.75 Å².